The molecular formula is C13H15FO2. The summed E-state index contributed by atoms with van der Waals surface area (Å²) in [5.74, 6) is -0.246. The van der Waals surface area contributed by atoms with E-state index in [0.717, 1.165) is 17.5 Å². The van der Waals surface area contributed by atoms with Crippen molar-refractivity contribution in [2.45, 2.75) is 32.3 Å². The summed E-state index contributed by atoms with van der Waals surface area (Å²) in [5, 5.41) is 0. The van der Waals surface area contributed by atoms with Crippen LogP contribution < -0.4 is 0 Å². The Morgan fingerprint density at radius 2 is 2.19 bits per heavy atom. The summed E-state index contributed by atoms with van der Waals surface area (Å²) in [6, 6.07) is 5.77. The van der Waals surface area contributed by atoms with Crippen LogP contribution >= 0.6 is 0 Å². The van der Waals surface area contributed by atoms with Crippen LogP contribution in [0.5, 0.6) is 0 Å². The van der Waals surface area contributed by atoms with Gasteiger partial charge in [0.25, 0.3) is 0 Å². The highest BCUT2D eigenvalue weighted by atomic mass is 19.1. The first kappa shape index (κ1) is 11.1. The lowest BCUT2D eigenvalue weighted by atomic mass is 9.99. The van der Waals surface area contributed by atoms with Gasteiger partial charge >= 0.3 is 5.97 Å². The van der Waals surface area contributed by atoms with Crippen molar-refractivity contribution >= 4 is 5.97 Å². The van der Waals surface area contributed by atoms with Crippen molar-refractivity contribution in [1.82, 2.24) is 0 Å². The van der Waals surface area contributed by atoms with Gasteiger partial charge in [-0.05, 0) is 32.3 Å². The molecule has 0 spiro atoms. The summed E-state index contributed by atoms with van der Waals surface area (Å²) < 4.78 is 17.3. The molecule has 0 saturated carbocycles. The second kappa shape index (κ2) is 4.64. The van der Waals surface area contributed by atoms with E-state index in [9.17, 15) is 9.18 Å². The lowest BCUT2D eigenvalue weighted by molar-refractivity contribution is 0.0363. The number of fused-ring (bicyclic) bond motifs is 1. The Labute approximate surface area is 94.4 Å². The summed E-state index contributed by atoms with van der Waals surface area (Å²) in [5.41, 5.74) is 2.68. The molecule has 2 rings (SSSR count). The van der Waals surface area contributed by atoms with Crippen molar-refractivity contribution < 1.29 is 13.9 Å². The van der Waals surface area contributed by atoms with Gasteiger partial charge in [-0.2, -0.15) is 0 Å². The quantitative estimate of drug-likeness (QED) is 0.577. The molecule has 1 atom stereocenters. The van der Waals surface area contributed by atoms with Gasteiger partial charge in [0, 0.05) is 5.56 Å². The molecule has 0 saturated heterocycles. The Morgan fingerprint density at radius 3 is 2.94 bits per heavy atom. The van der Waals surface area contributed by atoms with Crippen LogP contribution in [0.4, 0.5) is 4.39 Å². The van der Waals surface area contributed by atoms with Gasteiger partial charge in [0.1, 0.15) is 6.10 Å². The van der Waals surface area contributed by atoms with Crippen molar-refractivity contribution in [3.05, 3.63) is 34.9 Å². The Kier molecular flexibility index (Phi) is 3.22. The Hall–Kier alpha value is -1.38. The molecule has 1 unspecified atom stereocenters. The predicted molar refractivity (Wildman–Crippen MR) is 59.2 cm³/mol. The zero-order chi connectivity index (χ0) is 11.5. The number of hydrogen-bond acceptors (Lipinski definition) is 2. The highest BCUT2D eigenvalue weighted by Gasteiger charge is 2.30. The fourth-order valence-electron chi connectivity index (χ4n) is 2.02. The largest absolute Gasteiger partial charge is 0.454 e. The van der Waals surface area contributed by atoms with Gasteiger partial charge in [-0.1, -0.05) is 17.7 Å². The van der Waals surface area contributed by atoms with Gasteiger partial charge in [-0.15, -0.1) is 0 Å². The Bertz CT molecular complexity index is 401. The molecule has 1 heterocycles. The fourth-order valence-corrected chi connectivity index (χ4v) is 2.02. The SMILES string of the molecule is Cc1ccc2c(c1)C(=O)OC2CCCCF. The summed E-state index contributed by atoms with van der Waals surface area (Å²) >= 11 is 0. The highest BCUT2D eigenvalue weighted by Crippen LogP contribution is 2.34. The molecule has 86 valence electrons. The second-order valence-corrected chi connectivity index (χ2v) is 4.17. The van der Waals surface area contributed by atoms with E-state index in [4.69, 9.17) is 4.74 Å². The standard InChI is InChI=1S/C13H15FO2/c1-9-5-6-10-11(8-9)13(15)16-12(10)4-2-3-7-14/h5-6,8,12H,2-4,7H2,1H3. The van der Waals surface area contributed by atoms with Gasteiger partial charge in [0.05, 0.1) is 12.2 Å². The van der Waals surface area contributed by atoms with Crippen molar-refractivity contribution in [3.63, 3.8) is 0 Å². The van der Waals surface area contributed by atoms with Crippen molar-refractivity contribution in [1.29, 1.82) is 0 Å². The summed E-state index contributed by atoms with van der Waals surface area (Å²) in [4.78, 5) is 11.6. The molecule has 1 aliphatic rings. The first-order valence-electron chi connectivity index (χ1n) is 5.60. The van der Waals surface area contributed by atoms with Gasteiger partial charge < -0.3 is 4.74 Å². The molecule has 1 aromatic carbocycles. The van der Waals surface area contributed by atoms with Crippen LogP contribution in [0.15, 0.2) is 18.2 Å². The van der Waals surface area contributed by atoms with Crippen LogP contribution in [-0.2, 0) is 4.74 Å². The van der Waals surface area contributed by atoms with Crippen LogP contribution in [0.2, 0.25) is 0 Å². The Morgan fingerprint density at radius 1 is 1.38 bits per heavy atom. The van der Waals surface area contributed by atoms with E-state index in [1.807, 2.05) is 25.1 Å². The molecule has 1 aliphatic heterocycles. The third-order valence-electron chi connectivity index (χ3n) is 2.87. The number of benzene rings is 1. The van der Waals surface area contributed by atoms with Gasteiger partial charge in [-0.3, -0.25) is 4.39 Å². The molecule has 3 heteroatoms. The molecule has 1 aromatic rings. The highest BCUT2D eigenvalue weighted by molar-refractivity contribution is 5.94. The van der Waals surface area contributed by atoms with Crippen LogP contribution in [0.3, 0.4) is 0 Å². The number of rotatable bonds is 4. The third-order valence-corrected chi connectivity index (χ3v) is 2.87. The van der Waals surface area contributed by atoms with Crippen LogP contribution in [-0.4, -0.2) is 12.6 Å². The van der Waals surface area contributed by atoms with E-state index in [1.165, 1.54) is 0 Å². The Balaban J connectivity index is 2.13. The summed E-state index contributed by atoms with van der Waals surface area (Å²) in [6.07, 6.45) is 1.83. The smallest absolute Gasteiger partial charge is 0.339 e. The maximum absolute atomic E-state index is 12.0. The number of esters is 1. The fraction of sp³-hybridized carbons (Fsp3) is 0.462. The number of aryl methyl sites for hydroxylation is 1. The summed E-state index contributed by atoms with van der Waals surface area (Å²) in [7, 11) is 0. The predicted octanol–water partition coefficient (Wildman–Crippen LogP) is 3.35. The van der Waals surface area contributed by atoms with E-state index in [0.29, 0.717) is 18.4 Å². The first-order valence-corrected chi connectivity index (χ1v) is 5.60. The number of cyclic esters (lactones) is 1. The molecule has 16 heavy (non-hydrogen) atoms. The molecule has 0 amide bonds. The van der Waals surface area contributed by atoms with E-state index in [-0.39, 0.29) is 18.7 Å². The minimum Gasteiger partial charge on any atom is -0.454 e. The molecule has 0 fully saturated rings. The van der Waals surface area contributed by atoms with E-state index in [1.54, 1.807) is 0 Å². The number of carbonyl (C=O) groups excluding carboxylic acids is 1. The van der Waals surface area contributed by atoms with Crippen molar-refractivity contribution in [3.8, 4) is 0 Å². The number of carbonyl (C=O) groups is 1. The molecule has 0 N–H and O–H groups in total. The van der Waals surface area contributed by atoms with E-state index < -0.39 is 0 Å². The lowest BCUT2D eigenvalue weighted by Gasteiger charge is -2.09. The normalized spacial score (nSPS) is 18.4. The van der Waals surface area contributed by atoms with Crippen LogP contribution in [0, 0.1) is 6.92 Å². The first-order chi connectivity index (χ1) is 7.72. The maximum atomic E-state index is 12.0. The number of halogens is 1. The minimum atomic E-state index is -0.304. The average molecular weight is 222 g/mol. The van der Waals surface area contributed by atoms with Crippen molar-refractivity contribution in [2.75, 3.05) is 6.67 Å². The minimum absolute atomic E-state index is 0.172. The maximum Gasteiger partial charge on any atom is 0.339 e. The number of unbranched alkanes of at least 4 members (excludes halogenated alkanes) is 1. The number of hydrogen-bond donors (Lipinski definition) is 0. The molecule has 0 aliphatic carbocycles. The second-order valence-electron chi connectivity index (χ2n) is 4.17. The summed E-state index contributed by atoms with van der Waals surface area (Å²) in [6.45, 7) is 1.64. The van der Waals surface area contributed by atoms with Gasteiger partial charge in [0.15, 0.2) is 0 Å². The van der Waals surface area contributed by atoms with E-state index in [2.05, 4.69) is 0 Å². The van der Waals surface area contributed by atoms with E-state index >= 15 is 0 Å². The topological polar surface area (TPSA) is 26.3 Å². The molecule has 2 nitrogen and oxygen atoms in total. The van der Waals surface area contributed by atoms with Crippen LogP contribution in [0.1, 0.15) is 46.9 Å². The number of alkyl halides is 1. The van der Waals surface area contributed by atoms with Gasteiger partial charge in [0.2, 0.25) is 0 Å². The van der Waals surface area contributed by atoms with Crippen LogP contribution in [0.25, 0.3) is 0 Å². The molecule has 0 bridgehead atoms. The molecule has 0 aromatic heterocycles. The molecule has 0 radical (unpaired) electrons. The molecular weight excluding hydrogens is 207 g/mol. The van der Waals surface area contributed by atoms with Crippen molar-refractivity contribution in [2.24, 2.45) is 0 Å². The monoisotopic (exact) mass is 222 g/mol. The number of ether oxygens (including phenoxy) is 1. The van der Waals surface area contributed by atoms with Gasteiger partial charge in [-0.25, -0.2) is 4.79 Å². The zero-order valence-electron chi connectivity index (χ0n) is 9.33. The third kappa shape index (κ3) is 2.08. The average Bonchev–Trinajstić information content (AvgIpc) is 2.56. The zero-order valence-corrected chi connectivity index (χ0v) is 9.33. The lowest BCUT2D eigenvalue weighted by Crippen LogP contribution is -1.98.